The molecular formula is C17H21N3O3. The van der Waals surface area contributed by atoms with Crippen molar-refractivity contribution in [1.82, 2.24) is 15.8 Å². The molecule has 0 aliphatic rings. The van der Waals surface area contributed by atoms with Crippen LogP contribution in [0.5, 0.6) is 0 Å². The van der Waals surface area contributed by atoms with E-state index in [4.69, 9.17) is 4.52 Å². The maximum absolute atomic E-state index is 12.0. The van der Waals surface area contributed by atoms with Crippen LogP contribution in [-0.2, 0) is 6.54 Å². The van der Waals surface area contributed by atoms with E-state index in [1.165, 1.54) is 0 Å². The normalized spacial score (nSPS) is 11.8. The number of carbonyl (C=O) groups excluding carboxylic acids is 2. The number of carbonyl (C=O) groups is 2. The van der Waals surface area contributed by atoms with Crippen molar-refractivity contribution in [3.63, 3.8) is 0 Å². The molecule has 0 bridgehead atoms. The maximum atomic E-state index is 12.0. The van der Waals surface area contributed by atoms with E-state index >= 15 is 0 Å². The molecule has 6 heteroatoms. The van der Waals surface area contributed by atoms with Crippen LogP contribution in [0.4, 0.5) is 0 Å². The fraction of sp³-hybridized carbons (Fsp3) is 0.353. The molecule has 122 valence electrons. The minimum absolute atomic E-state index is 0.0898. The predicted octanol–water partition coefficient (Wildman–Crippen LogP) is 2.44. The summed E-state index contributed by atoms with van der Waals surface area (Å²) in [6, 6.07) is 8.86. The first-order valence-electron chi connectivity index (χ1n) is 7.61. The van der Waals surface area contributed by atoms with E-state index in [1.54, 1.807) is 25.1 Å². The van der Waals surface area contributed by atoms with E-state index in [0.717, 1.165) is 12.0 Å². The summed E-state index contributed by atoms with van der Waals surface area (Å²) < 4.78 is 4.87. The summed E-state index contributed by atoms with van der Waals surface area (Å²) >= 11 is 0. The number of nitrogens with zero attached hydrogens (tertiary/aromatic N) is 1. The van der Waals surface area contributed by atoms with Gasteiger partial charge in [0.1, 0.15) is 5.76 Å². The molecule has 1 aromatic heterocycles. The molecule has 0 fully saturated rings. The fourth-order valence-electron chi connectivity index (χ4n) is 1.93. The summed E-state index contributed by atoms with van der Waals surface area (Å²) in [4.78, 5) is 23.8. The van der Waals surface area contributed by atoms with Crippen molar-refractivity contribution in [2.75, 3.05) is 0 Å². The van der Waals surface area contributed by atoms with Crippen molar-refractivity contribution in [2.24, 2.45) is 0 Å². The lowest BCUT2D eigenvalue weighted by molar-refractivity contribution is 0.0931. The maximum Gasteiger partial charge on any atom is 0.273 e. The van der Waals surface area contributed by atoms with Gasteiger partial charge in [0.05, 0.1) is 0 Å². The highest BCUT2D eigenvalue weighted by Gasteiger charge is 2.11. The average molecular weight is 315 g/mol. The monoisotopic (exact) mass is 315 g/mol. The Bertz CT molecular complexity index is 677. The van der Waals surface area contributed by atoms with Gasteiger partial charge in [0.15, 0.2) is 5.69 Å². The molecule has 0 saturated carbocycles. The third-order valence-corrected chi connectivity index (χ3v) is 3.52. The third kappa shape index (κ3) is 4.67. The lowest BCUT2D eigenvalue weighted by Crippen LogP contribution is -2.31. The van der Waals surface area contributed by atoms with Gasteiger partial charge in [0.25, 0.3) is 11.8 Å². The molecule has 0 saturated heterocycles. The molecule has 1 atom stereocenters. The van der Waals surface area contributed by atoms with E-state index in [1.807, 2.05) is 26.0 Å². The van der Waals surface area contributed by atoms with Gasteiger partial charge >= 0.3 is 0 Å². The summed E-state index contributed by atoms with van der Waals surface area (Å²) in [5, 5.41) is 9.33. The van der Waals surface area contributed by atoms with Gasteiger partial charge < -0.3 is 15.2 Å². The summed E-state index contributed by atoms with van der Waals surface area (Å²) in [5.74, 6) is 0.209. The van der Waals surface area contributed by atoms with Gasteiger partial charge in [0.2, 0.25) is 0 Å². The summed E-state index contributed by atoms with van der Waals surface area (Å²) in [5.41, 5.74) is 1.76. The summed E-state index contributed by atoms with van der Waals surface area (Å²) in [6.45, 7) is 6.07. The zero-order valence-electron chi connectivity index (χ0n) is 13.6. The standard InChI is InChI=1S/C17H21N3O3/c1-4-11(2)19-16(21)14-7-5-13(6-8-14)10-18-17(22)15-9-12(3)23-20-15/h5-9,11H,4,10H2,1-3H3,(H,18,22)(H,19,21)/t11-/m1/s1. The van der Waals surface area contributed by atoms with E-state index in [-0.39, 0.29) is 23.6 Å². The molecule has 1 heterocycles. The molecule has 23 heavy (non-hydrogen) atoms. The fourth-order valence-corrected chi connectivity index (χ4v) is 1.93. The Labute approximate surface area is 135 Å². The highest BCUT2D eigenvalue weighted by atomic mass is 16.5. The van der Waals surface area contributed by atoms with Crippen molar-refractivity contribution in [2.45, 2.75) is 39.8 Å². The van der Waals surface area contributed by atoms with Gasteiger partial charge in [-0.3, -0.25) is 9.59 Å². The molecular weight excluding hydrogens is 294 g/mol. The molecule has 1 aromatic carbocycles. The molecule has 0 aliphatic carbocycles. The Morgan fingerprint density at radius 2 is 1.91 bits per heavy atom. The third-order valence-electron chi connectivity index (χ3n) is 3.52. The lowest BCUT2D eigenvalue weighted by atomic mass is 10.1. The van der Waals surface area contributed by atoms with Crippen molar-refractivity contribution < 1.29 is 14.1 Å². The van der Waals surface area contributed by atoms with Gasteiger partial charge in [-0.05, 0) is 38.0 Å². The number of nitrogens with one attached hydrogen (secondary N) is 2. The second-order valence-corrected chi connectivity index (χ2v) is 5.49. The van der Waals surface area contributed by atoms with Gasteiger partial charge in [-0.15, -0.1) is 0 Å². The van der Waals surface area contributed by atoms with Crippen LogP contribution < -0.4 is 10.6 Å². The SMILES string of the molecule is CC[C@@H](C)NC(=O)c1ccc(CNC(=O)c2cc(C)on2)cc1. The van der Waals surface area contributed by atoms with Crippen molar-refractivity contribution in [1.29, 1.82) is 0 Å². The number of rotatable bonds is 6. The quantitative estimate of drug-likeness (QED) is 0.857. The van der Waals surface area contributed by atoms with Crippen LogP contribution in [0.25, 0.3) is 0 Å². The average Bonchev–Trinajstić information content (AvgIpc) is 2.99. The van der Waals surface area contributed by atoms with E-state index in [9.17, 15) is 9.59 Å². The molecule has 0 aliphatic heterocycles. The zero-order chi connectivity index (χ0) is 16.8. The zero-order valence-corrected chi connectivity index (χ0v) is 13.6. The van der Waals surface area contributed by atoms with E-state index in [2.05, 4.69) is 15.8 Å². The van der Waals surface area contributed by atoms with E-state index in [0.29, 0.717) is 17.9 Å². The van der Waals surface area contributed by atoms with Crippen molar-refractivity contribution in [3.05, 3.63) is 52.9 Å². The largest absolute Gasteiger partial charge is 0.361 e. The Balaban J connectivity index is 1.90. The van der Waals surface area contributed by atoms with Crippen LogP contribution in [0.1, 0.15) is 52.4 Å². The first-order valence-corrected chi connectivity index (χ1v) is 7.61. The second kappa shape index (κ2) is 7.58. The molecule has 0 unspecified atom stereocenters. The minimum atomic E-state index is -0.291. The van der Waals surface area contributed by atoms with Gasteiger partial charge in [-0.2, -0.15) is 0 Å². The topological polar surface area (TPSA) is 84.2 Å². The lowest BCUT2D eigenvalue weighted by Gasteiger charge is -2.11. The van der Waals surface area contributed by atoms with E-state index < -0.39 is 0 Å². The van der Waals surface area contributed by atoms with Crippen molar-refractivity contribution in [3.8, 4) is 0 Å². The molecule has 2 rings (SSSR count). The molecule has 0 spiro atoms. The van der Waals surface area contributed by atoms with Gasteiger partial charge in [-0.25, -0.2) is 0 Å². The molecule has 2 N–H and O–H groups in total. The summed E-state index contributed by atoms with van der Waals surface area (Å²) in [6.07, 6.45) is 0.886. The van der Waals surface area contributed by atoms with Crippen LogP contribution in [0, 0.1) is 6.92 Å². The number of hydrogen-bond acceptors (Lipinski definition) is 4. The first kappa shape index (κ1) is 16.7. The highest BCUT2D eigenvalue weighted by molar-refractivity contribution is 5.94. The highest BCUT2D eigenvalue weighted by Crippen LogP contribution is 2.06. The van der Waals surface area contributed by atoms with Crippen LogP contribution >= 0.6 is 0 Å². The number of hydrogen-bond donors (Lipinski definition) is 2. The number of amides is 2. The predicted molar refractivity (Wildman–Crippen MR) is 86.1 cm³/mol. The van der Waals surface area contributed by atoms with Crippen molar-refractivity contribution >= 4 is 11.8 Å². The molecule has 2 amide bonds. The Morgan fingerprint density at radius 1 is 1.22 bits per heavy atom. The molecule has 0 radical (unpaired) electrons. The number of aromatic nitrogens is 1. The number of aryl methyl sites for hydroxylation is 1. The molecule has 6 nitrogen and oxygen atoms in total. The van der Waals surface area contributed by atoms with Crippen LogP contribution in [0.2, 0.25) is 0 Å². The summed E-state index contributed by atoms with van der Waals surface area (Å²) in [7, 11) is 0. The Kier molecular flexibility index (Phi) is 5.51. The van der Waals surface area contributed by atoms with Gasteiger partial charge in [0, 0.05) is 24.2 Å². The van der Waals surface area contributed by atoms with Crippen LogP contribution in [0.15, 0.2) is 34.9 Å². The Morgan fingerprint density at radius 3 is 2.48 bits per heavy atom. The minimum Gasteiger partial charge on any atom is -0.361 e. The van der Waals surface area contributed by atoms with Gasteiger partial charge in [-0.1, -0.05) is 24.2 Å². The first-order chi connectivity index (χ1) is 11.0. The second-order valence-electron chi connectivity index (χ2n) is 5.49. The van der Waals surface area contributed by atoms with Crippen LogP contribution in [0.3, 0.4) is 0 Å². The molecule has 2 aromatic rings. The smallest absolute Gasteiger partial charge is 0.273 e. The Hall–Kier alpha value is -2.63. The number of benzene rings is 1. The van der Waals surface area contributed by atoms with Crippen LogP contribution in [-0.4, -0.2) is 23.0 Å².